The zero-order valence-electron chi connectivity index (χ0n) is 12.6. The topological polar surface area (TPSA) is 92.4 Å². The number of hydrogen-bond donors (Lipinski definition) is 3. The molecule has 4 N–H and O–H groups in total. The Morgan fingerprint density at radius 3 is 2.57 bits per heavy atom. The third-order valence-corrected chi connectivity index (χ3v) is 4.69. The van der Waals surface area contributed by atoms with Crippen molar-refractivity contribution in [1.82, 2.24) is 4.72 Å². The van der Waals surface area contributed by atoms with Crippen molar-refractivity contribution in [3.8, 4) is 0 Å². The lowest BCUT2D eigenvalue weighted by atomic mass is 9.88. The Labute approximate surface area is 125 Å². The summed E-state index contributed by atoms with van der Waals surface area (Å²) in [5.74, 6) is -0.787. The molecule has 0 amide bonds. The molecule has 7 heteroatoms. The summed E-state index contributed by atoms with van der Waals surface area (Å²) in [6.07, 6.45) is 1.24. The second kappa shape index (κ2) is 6.72. The van der Waals surface area contributed by atoms with Crippen LogP contribution in [0.15, 0.2) is 17.0 Å². The molecule has 0 fully saturated rings. The van der Waals surface area contributed by atoms with Crippen LogP contribution >= 0.6 is 0 Å². The predicted octanol–water partition coefficient (Wildman–Crippen LogP) is 1.79. The van der Waals surface area contributed by atoms with Gasteiger partial charge in [-0.25, -0.2) is 17.5 Å². The Morgan fingerprint density at radius 2 is 2.00 bits per heavy atom. The number of aliphatic hydroxyl groups is 1. The van der Waals surface area contributed by atoms with Crippen LogP contribution in [-0.4, -0.2) is 26.7 Å². The van der Waals surface area contributed by atoms with E-state index in [4.69, 9.17) is 10.8 Å². The van der Waals surface area contributed by atoms with Crippen molar-refractivity contribution >= 4 is 15.7 Å². The van der Waals surface area contributed by atoms with Gasteiger partial charge in [0.15, 0.2) is 0 Å². The number of rotatable bonds is 7. The highest BCUT2D eigenvalue weighted by atomic mass is 32.2. The number of anilines is 1. The molecule has 0 atom stereocenters. The van der Waals surface area contributed by atoms with Crippen molar-refractivity contribution < 1.29 is 17.9 Å². The molecule has 0 saturated carbocycles. The Balaban J connectivity index is 2.93. The monoisotopic (exact) mass is 318 g/mol. The van der Waals surface area contributed by atoms with Crippen LogP contribution in [0.25, 0.3) is 0 Å². The van der Waals surface area contributed by atoms with Crippen molar-refractivity contribution in [3.63, 3.8) is 0 Å². The normalized spacial score (nSPS) is 12.6. The molecular formula is C14H23FN2O3S. The minimum Gasteiger partial charge on any atom is -0.399 e. The Kier molecular flexibility index (Phi) is 5.72. The first kappa shape index (κ1) is 17.9. The van der Waals surface area contributed by atoms with E-state index in [-0.39, 0.29) is 29.8 Å². The van der Waals surface area contributed by atoms with Crippen molar-refractivity contribution in [1.29, 1.82) is 0 Å². The van der Waals surface area contributed by atoms with E-state index in [0.29, 0.717) is 12.8 Å². The quantitative estimate of drug-likeness (QED) is 0.668. The maximum absolute atomic E-state index is 14.0. The van der Waals surface area contributed by atoms with E-state index in [1.165, 1.54) is 13.0 Å². The fraction of sp³-hybridized carbons (Fsp3) is 0.571. The molecule has 1 rings (SSSR count). The molecule has 120 valence electrons. The first-order valence-electron chi connectivity index (χ1n) is 6.75. The van der Waals surface area contributed by atoms with E-state index >= 15 is 0 Å². The molecular weight excluding hydrogens is 295 g/mol. The number of nitrogens with one attached hydrogen (secondary N) is 1. The van der Waals surface area contributed by atoms with Gasteiger partial charge in [-0.3, -0.25) is 0 Å². The molecule has 0 radical (unpaired) electrons. The smallest absolute Gasteiger partial charge is 0.243 e. The number of nitrogen functional groups attached to an aromatic ring is 1. The third-order valence-electron chi connectivity index (χ3n) is 3.29. The molecule has 0 spiro atoms. The number of sulfonamides is 1. The van der Waals surface area contributed by atoms with Gasteiger partial charge in [-0.15, -0.1) is 0 Å². The Bertz CT molecular complexity index is 600. The fourth-order valence-electron chi connectivity index (χ4n) is 1.97. The summed E-state index contributed by atoms with van der Waals surface area (Å²) in [6, 6.07) is 2.50. The van der Waals surface area contributed by atoms with Crippen LogP contribution in [0.4, 0.5) is 10.1 Å². The molecule has 1 aromatic rings. The van der Waals surface area contributed by atoms with Gasteiger partial charge in [0, 0.05) is 18.8 Å². The molecule has 0 saturated heterocycles. The number of nitrogens with two attached hydrogens (primary N) is 1. The van der Waals surface area contributed by atoms with Gasteiger partial charge in [0.05, 0.1) is 0 Å². The van der Waals surface area contributed by atoms with Gasteiger partial charge in [0.25, 0.3) is 0 Å². The van der Waals surface area contributed by atoms with E-state index in [1.807, 2.05) is 13.8 Å². The van der Waals surface area contributed by atoms with E-state index in [1.54, 1.807) is 0 Å². The number of halogens is 1. The van der Waals surface area contributed by atoms with Crippen molar-refractivity contribution in [3.05, 3.63) is 23.5 Å². The number of hydrogen-bond acceptors (Lipinski definition) is 4. The van der Waals surface area contributed by atoms with Crippen LogP contribution < -0.4 is 10.5 Å². The average Bonchev–Trinajstić information content (AvgIpc) is 2.38. The van der Waals surface area contributed by atoms with Crippen LogP contribution in [0.5, 0.6) is 0 Å². The minimum absolute atomic E-state index is 0.0548. The summed E-state index contributed by atoms with van der Waals surface area (Å²) >= 11 is 0. The van der Waals surface area contributed by atoms with Crippen molar-refractivity contribution in [2.45, 2.75) is 38.5 Å². The van der Waals surface area contributed by atoms with Gasteiger partial charge in [-0.1, -0.05) is 13.8 Å². The van der Waals surface area contributed by atoms with Crippen LogP contribution in [-0.2, 0) is 10.0 Å². The zero-order valence-corrected chi connectivity index (χ0v) is 13.4. The van der Waals surface area contributed by atoms with E-state index in [0.717, 1.165) is 6.07 Å². The van der Waals surface area contributed by atoms with E-state index < -0.39 is 20.7 Å². The molecule has 0 aromatic heterocycles. The first-order chi connectivity index (χ1) is 9.59. The summed E-state index contributed by atoms with van der Waals surface area (Å²) in [7, 11) is -3.96. The van der Waals surface area contributed by atoms with Crippen LogP contribution in [0.3, 0.4) is 0 Å². The maximum Gasteiger partial charge on any atom is 0.243 e. The van der Waals surface area contributed by atoms with Crippen LogP contribution in [0, 0.1) is 18.2 Å². The standard InChI is InChI=1S/C14H23FN2O3S/c1-10-7-11(16)8-12(13(10)15)21(19,20)17-9-14(2,3)5-4-6-18/h7-8,17-18H,4-6,9,16H2,1-3H3. The maximum atomic E-state index is 14.0. The highest BCUT2D eigenvalue weighted by Gasteiger charge is 2.25. The molecule has 0 aliphatic carbocycles. The molecule has 1 aromatic carbocycles. The van der Waals surface area contributed by atoms with Gasteiger partial charge in [-0.05, 0) is 42.9 Å². The van der Waals surface area contributed by atoms with E-state index in [2.05, 4.69) is 4.72 Å². The molecule has 5 nitrogen and oxygen atoms in total. The Morgan fingerprint density at radius 1 is 1.38 bits per heavy atom. The second-order valence-corrected chi connectivity index (χ2v) is 7.70. The van der Waals surface area contributed by atoms with Crippen molar-refractivity contribution in [2.24, 2.45) is 5.41 Å². The molecule has 0 aliphatic rings. The van der Waals surface area contributed by atoms with Gasteiger partial charge in [0.1, 0.15) is 10.7 Å². The molecule has 21 heavy (non-hydrogen) atoms. The summed E-state index contributed by atoms with van der Waals surface area (Å²) in [5, 5.41) is 8.83. The summed E-state index contributed by atoms with van der Waals surface area (Å²) in [4.78, 5) is -0.432. The lowest BCUT2D eigenvalue weighted by Gasteiger charge is -2.24. The highest BCUT2D eigenvalue weighted by Crippen LogP contribution is 2.24. The summed E-state index contributed by atoms with van der Waals surface area (Å²) < 4.78 is 40.9. The molecule has 0 bridgehead atoms. The number of benzene rings is 1. The summed E-state index contributed by atoms with van der Waals surface area (Å²) in [5.41, 5.74) is 5.65. The van der Waals surface area contributed by atoms with Gasteiger partial charge in [0.2, 0.25) is 10.0 Å². The fourth-order valence-corrected chi connectivity index (χ4v) is 3.40. The van der Waals surface area contributed by atoms with Gasteiger partial charge in [-0.2, -0.15) is 0 Å². The van der Waals surface area contributed by atoms with Crippen molar-refractivity contribution in [2.75, 3.05) is 18.9 Å². The predicted molar refractivity (Wildman–Crippen MR) is 80.8 cm³/mol. The van der Waals surface area contributed by atoms with Crippen LogP contribution in [0.1, 0.15) is 32.3 Å². The lowest BCUT2D eigenvalue weighted by Crippen LogP contribution is -2.34. The average molecular weight is 318 g/mol. The Hall–Kier alpha value is -1.18. The SMILES string of the molecule is Cc1cc(N)cc(S(=O)(=O)NCC(C)(C)CCCO)c1F. The lowest BCUT2D eigenvalue weighted by molar-refractivity contribution is 0.242. The minimum atomic E-state index is -3.96. The number of aryl methyl sites for hydroxylation is 1. The molecule has 0 unspecified atom stereocenters. The molecule has 0 heterocycles. The van der Waals surface area contributed by atoms with Gasteiger partial charge < -0.3 is 10.8 Å². The van der Waals surface area contributed by atoms with Crippen LogP contribution in [0.2, 0.25) is 0 Å². The van der Waals surface area contributed by atoms with E-state index in [9.17, 15) is 12.8 Å². The largest absolute Gasteiger partial charge is 0.399 e. The summed E-state index contributed by atoms with van der Waals surface area (Å²) in [6.45, 7) is 5.44. The molecule has 0 aliphatic heterocycles. The second-order valence-electron chi connectivity index (χ2n) is 5.97. The van der Waals surface area contributed by atoms with Gasteiger partial charge >= 0.3 is 0 Å². The number of aliphatic hydroxyl groups excluding tert-OH is 1. The zero-order chi connectivity index (χ0) is 16.3. The highest BCUT2D eigenvalue weighted by molar-refractivity contribution is 7.89. The first-order valence-corrected chi connectivity index (χ1v) is 8.23. The third kappa shape index (κ3) is 4.94.